The van der Waals surface area contributed by atoms with E-state index >= 15 is 0 Å². The van der Waals surface area contributed by atoms with Gasteiger partial charge in [-0.05, 0) is 48.6 Å². The predicted octanol–water partition coefficient (Wildman–Crippen LogP) is 3.82. The summed E-state index contributed by atoms with van der Waals surface area (Å²) in [5, 5.41) is 3.75. The van der Waals surface area contributed by atoms with Crippen LogP contribution in [0.5, 0.6) is 11.5 Å². The van der Waals surface area contributed by atoms with Crippen molar-refractivity contribution in [2.24, 2.45) is 0 Å². The topological polar surface area (TPSA) is 37.0 Å². The summed E-state index contributed by atoms with van der Waals surface area (Å²) in [6.07, 6.45) is 0. The Morgan fingerprint density at radius 3 is 2.33 bits per heavy atom. The van der Waals surface area contributed by atoms with Gasteiger partial charge in [-0.15, -0.1) is 0 Å². The van der Waals surface area contributed by atoms with Gasteiger partial charge in [0.1, 0.15) is 11.5 Å². The molecule has 8 heteroatoms. The fraction of sp³-hybridized carbons (Fsp3) is 0.316. The third-order valence-electron chi connectivity index (χ3n) is 4.32. The van der Waals surface area contributed by atoms with Crippen LogP contribution in [0.3, 0.4) is 0 Å². The lowest BCUT2D eigenvalue weighted by molar-refractivity contribution is -0.0498. The first-order valence-electron chi connectivity index (χ1n) is 8.55. The van der Waals surface area contributed by atoms with E-state index in [0.717, 1.165) is 43.3 Å². The Morgan fingerprint density at radius 1 is 1.04 bits per heavy atom. The van der Waals surface area contributed by atoms with Gasteiger partial charge in [0.05, 0.1) is 12.8 Å². The van der Waals surface area contributed by atoms with Crippen molar-refractivity contribution in [3.63, 3.8) is 0 Å². The molecule has 1 saturated heterocycles. The largest absolute Gasteiger partial charge is 0.495 e. The van der Waals surface area contributed by atoms with Crippen molar-refractivity contribution in [2.75, 3.05) is 43.5 Å². The number of para-hydroxylation sites is 2. The molecular weight excluding hydrogens is 372 g/mol. The molecule has 5 nitrogen and oxygen atoms in total. The van der Waals surface area contributed by atoms with Crippen molar-refractivity contribution in [2.45, 2.75) is 6.61 Å². The number of alkyl halides is 2. The van der Waals surface area contributed by atoms with Crippen LogP contribution in [-0.2, 0) is 0 Å². The molecule has 0 aromatic heterocycles. The minimum Gasteiger partial charge on any atom is -0.495 e. The first kappa shape index (κ1) is 19.2. The number of anilines is 2. The van der Waals surface area contributed by atoms with Crippen molar-refractivity contribution in [1.82, 2.24) is 4.90 Å². The Balaban J connectivity index is 1.54. The highest BCUT2D eigenvalue weighted by atomic mass is 32.1. The molecule has 1 heterocycles. The smallest absolute Gasteiger partial charge is 0.387 e. The number of nitrogens with one attached hydrogen (secondary N) is 1. The maximum absolute atomic E-state index is 12.2. The number of ether oxygens (including phenoxy) is 2. The quantitative estimate of drug-likeness (QED) is 0.779. The number of thiocarbonyl (C=S) groups is 1. The Morgan fingerprint density at radius 2 is 1.70 bits per heavy atom. The van der Waals surface area contributed by atoms with Crippen LogP contribution in [0.25, 0.3) is 0 Å². The summed E-state index contributed by atoms with van der Waals surface area (Å²) in [6, 6.07) is 14.2. The number of piperazine rings is 1. The summed E-state index contributed by atoms with van der Waals surface area (Å²) in [5.41, 5.74) is 1.81. The van der Waals surface area contributed by atoms with E-state index in [1.165, 1.54) is 12.1 Å². The molecule has 0 aliphatic carbocycles. The Kier molecular flexibility index (Phi) is 6.28. The summed E-state index contributed by atoms with van der Waals surface area (Å²) >= 11 is 5.48. The average molecular weight is 393 g/mol. The highest BCUT2D eigenvalue weighted by Gasteiger charge is 2.21. The highest BCUT2D eigenvalue weighted by molar-refractivity contribution is 7.80. The second-order valence-corrected chi connectivity index (χ2v) is 6.37. The van der Waals surface area contributed by atoms with Crippen LogP contribution in [0.2, 0.25) is 0 Å². The van der Waals surface area contributed by atoms with Gasteiger partial charge < -0.3 is 24.6 Å². The number of hydrogen-bond acceptors (Lipinski definition) is 4. The normalized spacial score (nSPS) is 14.2. The van der Waals surface area contributed by atoms with Gasteiger partial charge in [-0.3, -0.25) is 0 Å². The van der Waals surface area contributed by atoms with Crippen LogP contribution in [0.15, 0.2) is 48.5 Å². The monoisotopic (exact) mass is 393 g/mol. The van der Waals surface area contributed by atoms with E-state index < -0.39 is 6.61 Å². The van der Waals surface area contributed by atoms with E-state index in [2.05, 4.69) is 19.9 Å². The second kappa shape index (κ2) is 8.85. The van der Waals surface area contributed by atoms with Crippen molar-refractivity contribution >= 4 is 28.7 Å². The predicted molar refractivity (Wildman–Crippen MR) is 106 cm³/mol. The summed E-state index contributed by atoms with van der Waals surface area (Å²) in [6.45, 7) is 0.365. The van der Waals surface area contributed by atoms with Gasteiger partial charge in [-0.25, -0.2) is 0 Å². The first-order valence-corrected chi connectivity index (χ1v) is 8.96. The molecule has 144 valence electrons. The molecule has 0 amide bonds. The molecule has 2 aromatic carbocycles. The minimum absolute atomic E-state index is 0.117. The van der Waals surface area contributed by atoms with Crippen molar-refractivity contribution in [1.29, 1.82) is 0 Å². The molecule has 1 fully saturated rings. The summed E-state index contributed by atoms with van der Waals surface area (Å²) < 4.78 is 34.2. The molecule has 0 radical (unpaired) electrons. The highest BCUT2D eigenvalue weighted by Crippen LogP contribution is 2.28. The maximum atomic E-state index is 12.2. The Bertz CT molecular complexity index is 766. The maximum Gasteiger partial charge on any atom is 0.387 e. The van der Waals surface area contributed by atoms with Crippen molar-refractivity contribution < 1.29 is 18.3 Å². The van der Waals surface area contributed by atoms with Gasteiger partial charge in [0, 0.05) is 31.9 Å². The number of hydrogen-bond donors (Lipinski definition) is 1. The van der Waals surface area contributed by atoms with Gasteiger partial charge >= 0.3 is 6.61 Å². The average Bonchev–Trinajstić information content (AvgIpc) is 2.69. The van der Waals surface area contributed by atoms with E-state index in [-0.39, 0.29) is 5.75 Å². The van der Waals surface area contributed by atoms with Gasteiger partial charge in [-0.2, -0.15) is 8.78 Å². The number of benzene rings is 2. The lowest BCUT2D eigenvalue weighted by Crippen LogP contribution is -2.50. The standard InChI is InChI=1S/C19H21F2N3O2S/c1-25-17-5-3-2-4-16(17)23-10-12-24(13-11-23)19(27)22-14-6-8-15(9-7-14)26-18(20)21/h2-9,18H,10-13H2,1H3,(H,22,27). The third kappa shape index (κ3) is 4.97. The van der Waals surface area contributed by atoms with E-state index in [1.807, 2.05) is 24.3 Å². The minimum atomic E-state index is -2.83. The van der Waals surface area contributed by atoms with Crippen LogP contribution in [-0.4, -0.2) is 49.9 Å². The molecule has 0 unspecified atom stereocenters. The molecule has 0 saturated carbocycles. The zero-order valence-corrected chi connectivity index (χ0v) is 15.7. The zero-order chi connectivity index (χ0) is 19.2. The van der Waals surface area contributed by atoms with E-state index in [0.29, 0.717) is 5.11 Å². The zero-order valence-electron chi connectivity index (χ0n) is 14.9. The lowest BCUT2D eigenvalue weighted by Gasteiger charge is -2.37. The molecule has 27 heavy (non-hydrogen) atoms. The number of nitrogens with zero attached hydrogens (tertiary/aromatic N) is 2. The van der Waals surface area contributed by atoms with Crippen LogP contribution in [0.1, 0.15) is 0 Å². The van der Waals surface area contributed by atoms with E-state index in [4.69, 9.17) is 17.0 Å². The van der Waals surface area contributed by atoms with Gasteiger partial charge in [0.15, 0.2) is 5.11 Å². The summed E-state index contributed by atoms with van der Waals surface area (Å²) in [7, 11) is 1.67. The summed E-state index contributed by atoms with van der Waals surface area (Å²) in [4.78, 5) is 4.36. The van der Waals surface area contributed by atoms with E-state index in [1.54, 1.807) is 19.2 Å². The SMILES string of the molecule is COc1ccccc1N1CCN(C(=S)Nc2ccc(OC(F)F)cc2)CC1. The van der Waals surface area contributed by atoms with Gasteiger partial charge in [0.2, 0.25) is 0 Å². The van der Waals surface area contributed by atoms with Crippen LogP contribution < -0.4 is 19.7 Å². The molecule has 0 spiro atoms. The molecule has 2 aromatic rings. The molecule has 1 N–H and O–H groups in total. The Labute approximate surface area is 162 Å². The first-order chi connectivity index (χ1) is 13.1. The van der Waals surface area contributed by atoms with Gasteiger partial charge in [-0.1, -0.05) is 12.1 Å². The van der Waals surface area contributed by atoms with Crippen molar-refractivity contribution in [3.8, 4) is 11.5 Å². The molecule has 0 bridgehead atoms. The number of methoxy groups -OCH3 is 1. The number of rotatable bonds is 5. The van der Waals surface area contributed by atoms with Crippen LogP contribution >= 0.6 is 12.2 Å². The fourth-order valence-corrected chi connectivity index (χ4v) is 3.26. The lowest BCUT2D eigenvalue weighted by atomic mass is 10.2. The molecule has 1 aliphatic rings. The third-order valence-corrected chi connectivity index (χ3v) is 4.68. The number of halogens is 2. The Hall–Kier alpha value is -2.61. The second-order valence-electron chi connectivity index (χ2n) is 5.98. The fourth-order valence-electron chi connectivity index (χ4n) is 2.96. The van der Waals surface area contributed by atoms with Crippen molar-refractivity contribution in [3.05, 3.63) is 48.5 Å². The molecular formula is C19H21F2N3O2S. The van der Waals surface area contributed by atoms with E-state index in [9.17, 15) is 8.78 Å². The van der Waals surface area contributed by atoms with Crippen LogP contribution in [0.4, 0.5) is 20.2 Å². The molecule has 1 aliphatic heterocycles. The molecule has 3 rings (SSSR count). The van der Waals surface area contributed by atoms with Crippen LogP contribution in [0, 0.1) is 0 Å². The van der Waals surface area contributed by atoms with Gasteiger partial charge in [0.25, 0.3) is 0 Å². The summed E-state index contributed by atoms with van der Waals surface area (Å²) in [5.74, 6) is 0.977. The molecule has 0 atom stereocenters.